The number of hydrogen-bond donors (Lipinski definition) is 2. The van der Waals surface area contributed by atoms with Gasteiger partial charge in [-0.25, -0.2) is 0 Å². The van der Waals surface area contributed by atoms with Crippen molar-refractivity contribution in [2.24, 2.45) is 10.9 Å². The van der Waals surface area contributed by atoms with Crippen molar-refractivity contribution in [1.29, 1.82) is 0 Å². The number of halogens is 1. The first-order valence-electron chi connectivity index (χ1n) is 10.1. The number of hydrogen-bond acceptors (Lipinski definition) is 4. The molecule has 3 rings (SSSR count). The minimum Gasteiger partial charge on any atom is -0.468 e. The number of rotatable bonds is 9. The monoisotopic (exact) mass is 489 g/mol. The van der Waals surface area contributed by atoms with Crippen molar-refractivity contribution in [3.05, 3.63) is 24.2 Å². The Kier molecular flexibility index (Phi) is 9.38. The van der Waals surface area contributed by atoms with Crippen LogP contribution < -0.4 is 10.6 Å². The summed E-state index contributed by atoms with van der Waals surface area (Å²) < 4.78 is 5.72. The molecule has 2 fully saturated rings. The van der Waals surface area contributed by atoms with E-state index < -0.39 is 0 Å². The highest BCUT2D eigenvalue weighted by atomic mass is 127. The lowest BCUT2D eigenvalue weighted by molar-refractivity contribution is 0.215. The molecule has 2 heterocycles. The van der Waals surface area contributed by atoms with Crippen molar-refractivity contribution in [3.8, 4) is 0 Å². The van der Waals surface area contributed by atoms with Crippen LogP contribution in [0.1, 0.15) is 44.4 Å². The second kappa shape index (κ2) is 11.3. The Balaban J connectivity index is 0.00000261. The third-order valence-corrected chi connectivity index (χ3v) is 5.53. The van der Waals surface area contributed by atoms with Crippen LogP contribution in [-0.4, -0.2) is 68.6 Å². The highest BCUT2D eigenvalue weighted by Gasteiger charge is 2.32. The van der Waals surface area contributed by atoms with Gasteiger partial charge in [0.2, 0.25) is 0 Å². The zero-order valence-corrected chi connectivity index (χ0v) is 19.3. The van der Waals surface area contributed by atoms with Gasteiger partial charge in [-0.05, 0) is 77.8 Å². The van der Waals surface area contributed by atoms with Gasteiger partial charge in [-0.1, -0.05) is 0 Å². The van der Waals surface area contributed by atoms with Crippen LogP contribution in [-0.2, 0) is 0 Å². The highest BCUT2D eigenvalue weighted by molar-refractivity contribution is 14.0. The largest absolute Gasteiger partial charge is 0.468 e. The molecule has 6 nitrogen and oxygen atoms in total. The minimum atomic E-state index is 0. The Morgan fingerprint density at radius 2 is 2.04 bits per heavy atom. The molecule has 2 atom stereocenters. The summed E-state index contributed by atoms with van der Waals surface area (Å²) in [5, 5.41) is 6.96. The molecule has 7 heteroatoms. The molecule has 27 heavy (non-hydrogen) atoms. The van der Waals surface area contributed by atoms with E-state index in [-0.39, 0.29) is 30.0 Å². The summed E-state index contributed by atoms with van der Waals surface area (Å²) in [6.07, 6.45) is 7.01. The molecule has 0 spiro atoms. The van der Waals surface area contributed by atoms with Crippen LogP contribution in [0.2, 0.25) is 0 Å². The number of guanidine groups is 1. The molecule has 0 aromatic carbocycles. The molecule has 1 saturated carbocycles. The summed E-state index contributed by atoms with van der Waals surface area (Å²) in [5.74, 6) is 2.77. The van der Waals surface area contributed by atoms with E-state index in [2.05, 4.69) is 47.5 Å². The summed E-state index contributed by atoms with van der Waals surface area (Å²) >= 11 is 0. The van der Waals surface area contributed by atoms with E-state index in [9.17, 15) is 0 Å². The normalized spacial score (nSPS) is 20.4. The summed E-state index contributed by atoms with van der Waals surface area (Å²) in [6, 6.07) is 4.88. The average molecular weight is 489 g/mol. The number of likely N-dealkylation sites (N-methyl/N-ethyl adjacent to an activating group) is 1. The number of furan rings is 1. The van der Waals surface area contributed by atoms with Crippen LogP contribution in [0.4, 0.5) is 0 Å². The topological polar surface area (TPSA) is 56.0 Å². The minimum absolute atomic E-state index is 0. The highest BCUT2D eigenvalue weighted by Crippen LogP contribution is 2.34. The van der Waals surface area contributed by atoms with Crippen molar-refractivity contribution >= 4 is 29.9 Å². The van der Waals surface area contributed by atoms with Crippen molar-refractivity contribution in [1.82, 2.24) is 20.4 Å². The van der Waals surface area contributed by atoms with Crippen molar-refractivity contribution in [2.75, 3.05) is 46.8 Å². The lowest BCUT2D eigenvalue weighted by Crippen LogP contribution is -2.43. The number of aliphatic imine (C=N–C) groups is 1. The Morgan fingerprint density at radius 1 is 1.30 bits per heavy atom. The Hall–Kier alpha value is -0.800. The molecule has 0 radical (unpaired) electrons. The van der Waals surface area contributed by atoms with Gasteiger partial charge in [-0.2, -0.15) is 0 Å². The van der Waals surface area contributed by atoms with E-state index in [1.165, 1.54) is 25.7 Å². The molecule has 1 aliphatic heterocycles. The van der Waals surface area contributed by atoms with Gasteiger partial charge >= 0.3 is 0 Å². The summed E-state index contributed by atoms with van der Waals surface area (Å²) in [6.45, 7) is 6.94. The standard InChI is InChI=1S/C20H35N5O.HI/c1-4-21-20(22-14-17(24(2)3)16-9-10-16)23-15-18(19-8-7-13-26-19)25-11-5-6-12-25;/h7-8,13,16-18H,4-6,9-12,14-15H2,1-3H3,(H2,21,22,23);1H. The summed E-state index contributed by atoms with van der Waals surface area (Å²) in [7, 11) is 4.33. The quantitative estimate of drug-likeness (QED) is 0.318. The van der Waals surface area contributed by atoms with Gasteiger partial charge in [0.15, 0.2) is 5.96 Å². The average Bonchev–Trinajstić information content (AvgIpc) is 3.10. The smallest absolute Gasteiger partial charge is 0.191 e. The predicted octanol–water partition coefficient (Wildman–Crippen LogP) is 2.93. The fraction of sp³-hybridized carbons (Fsp3) is 0.750. The Bertz CT molecular complexity index is 551. The van der Waals surface area contributed by atoms with Crippen LogP contribution >= 0.6 is 24.0 Å². The van der Waals surface area contributed by atoms with Gasteiger partial charge in [0.05, 0.1) is 18.8 Å². The van der Waals surface area contributed by atoms with Crippen LogP contribution in [0, 0.1) is 5.92 Å². The van der Waals surface area contributed by atoms with Crippen molar-refractivity contribution in [2.45, 2.75) is 44.7 Å². The number of nitrogens with one attached hydrogen (secondary N) is 2. The third kappa shape index (κ3) is 6.64. The molecule has 0 bridgehead atoms. The van der Waals surface area contributed by atoms with Gasteiger partial charge in [-0.3, -0.25) is 9.89 Å². The lowest BCUT2D eigenvalue weighted by Gasteiger charge is -2.27. The fourth-order valence-corrected chi connectivity index (χ4v) is 3.88. The molecule has 1 saturated heterocycles. The van der Waals surface area contributed by atoms with E-state index in [0.29, 0.717) is 6.04 Å². The second-order valence-corrected chi connectivity index (χ2v) is 7.74. The van der Waals surface area contributed by atoms with E-state index in [0.717, 1.165) is 50.4 Å². The van der Waals surface area contributed by atoms with Crippen LogP contribution in [0.5, 0.6) is 0 Å². The van der Waals surface area contributed by atoms with Gasteiger partial charge in [0.25, 0.3) is 0 Å². The molecule has 2 unspecified atom stereocenters. The molecule has 2 aliphatic rings. The maximum Gasteiger partial charge on any atom is 0.191 e. The molecular formula is C20H36IN5O. The first kappa shape index (κ1) is 22.5. The van der Waals surface area contributed by atoms with E-state index >= 15 is 0 Å². The summed E-state index contributed by atoms with van der Waals surface area (Å²) in [5.41, 5.74) is 0. The van der Waals surface area contributed by atoms with E-state index in [1.54, 1.807) is 6.26 Å². The second-order valence-electron chi connectivity index (χ2n) is 7.74. The number of likely N-dealkylation sites (tertiary alicyclic amines) is 1. The maximum atomic E-state index is 5.72. The van der Waals surface area contributed by atoms with Crippen LogP contribution in [0.3, 0.4) is 0 Å². The molecule has 1 aromatic heterocycles. The van der Waals surface area contributed by atoms with Gasteiger partial charge in [0, 0.05) is 19.1 Å². The molecule has 1 aliphatic carbocycles. The first-order valence-corrected chi connectivity index (χ1v) is 10.1. The summed E-state index contributed by atoms with van der Waals surface area (Å²) in [4.78, 5) is 9.72. The van der Waals surface area contributed by atoms with Crippen LogP contribution in [0.15, 0.2) is 27.8 Å². The van der Waals surface area contributed by atoms with Crippen molar-refractivity contribution < 1.29 is 4.42 Å². The molecule has 0 amide bonds. The SMILES string of the molecule is CCNC(=NCC(C1CC1)N(C)C)NCC(c1ccco1)N1CCCC1.I. The van der Waals surface area contributed by atoms with Crippen molar-refractivity contribution in [3.63, 3.8) is 0 Å². The zero-order valence-electron chi connectivity index (χ0n) is 17.0. The molecular weight excluding hydrogens is 453 g/mol. The van der Waals surface area contributed by atoms with Gasteiger partial charge < -0.3 is 20.0 Å². The predicted molar refractivity (Wildman–Crippen MR) is 122 cm³/mol. The molecule has 1 aromatic rings. The molecule has 154 valence electrons. The zero-order chi connectivity index (χ0) is 18.4. The first-order chi connectivity index (χ1) is 12.7. The fourth-order valence-electron chi connectivity index (χ4n) is 3.88. The van der Waals surface area contributed by atoms with E-state index in [1.807, 2.05) is 6.07 Å². The lowest BCUT2D eigenvalue weighted by atomic mass is 10.2. The number of nitrogens with zero attached hydrogens (tertiary/aromatic N) is 3. The Labute approximate surface area is 181 Å². The van der Waals surface area contributed by atoms with Gasteiger partial charge in [0.1, 0.15) is 5.76 Å². The van der Waals surface area contributed by atoms with Gasteiger partial charge in [-0.15, -0.1) is 24.0 Å². The Morgan fingerprint density at radius 3 is 2.59 bits per heavy atom. The molecule has 2 N–H and O–H groups in total. The third-order valence-electron chi connectivity index (χ3n) is 5.53. The van der Waals surface area contributed by atoms with Crippen LogP contribution in [0.25, 0.3) is 0 Å². The maximum absolute atomic E-state index is 5.72. The van der Waals surface area contributed by atoms with E-state index in [4.69, 9.17) is 9.41 Å².